The molecule has 0 amide bonds. The van der Waals surface area contributed by atoms with E-state index in [2.05, 4.69) is 6.92 Å². The molecule has 160 valence electrons. The third-order valence-electron chi connectivity index (χ3n) is 5.08. The Bertz CT molecular complexity index is 776. The fourth-order valence-electron chi connectivity index (χ4n) is 3.28. The standard InChI is InChI=1S/C27H34O3/c1-2-3-4-5-6-7-8-9-13-16-27(29)30-25-20-17-23(18-21-25)19-22-26(28)24-14-11-10-12-15-24/h10-12,14-15,17-22H,2-9,13,16H2,1H3. The van der Waals surface area contributed by atoms with E-state index in [9.17, 15) is 9.59 Å². The van der Waals surface area contributed by atoms with Crippen molar-refractivity contribution in [3.63, 3.8) is 0 Å². The lowest BCUT2D eigenvalue weighted by molar-refractivity contribution is -0.134. The molecule has 0 atom stereocenters. The van der Waals surface area contributed by atoms with Crippen LogP contribution >= 0.6 is 0 Å². The highest BCUT2D eigenvalue weighted by molar-refractivity contribution is 6.06. The molecule has 0 fully saturated rings. The molecule has 0 aliphatic carbocycles. The van der Waals surface area contributed by atoms with Crippen molar-refractivity contribution in [2.75, 3.05) is 0 Å². The highest BCUT2D eigenvalue weighted by atomic mass is 16.5. The summed E-state index contributed by atoms with van der Waals surface area (Å²) in [6.45, 7) is 2.24. The van der Waals surface area contributed by atoms with Gasteiger partial charge in [0.15, 0.2) is 5.78 Å². The summed E-state index contributed by atoms with van der Waals surface area (Å²) in [5.74, 6) is 0.329. The molecule has 0 aliphatic heterocycles. The summed E-state index contributed by atoms with van der Waals surface area (Å²) in [6.07, 6.45) is 14.8. The minimum Gasteiger partial charge on any atom is -0.427 e. The van der Waals surface area contributed by atoms with E-state index in [0.717, 1.165) is 18.4 Å². The third-order valence-corrected chi connectivity index (χ3v) is 5.08. The largest absolute Gasteiger partial charge is 0.427 e. The van der Waals surface area contributed by atoms with Crippen LogP contribution in [0.3, 0.4) is 0 Å². The van der Waals surface area contributed by atoms with Crippen molar-refractivity contribution in [2.45, 2.75) is 71.1 Å². The maximum atomic E-state index is 12.1. The maximum absolute atomic E-state index is 12.1. The summed E-state index contributed by atoms with van der Waals surface area (Å²) in [6, 6.07) is 16.4. The Morgan fingerprint density at radius 1 is 0.767 bits per heavy atom. The van der Waals surface area contributed by atoms with E-state index in [-0.39, 0.29) is 11.8 Å². The molecule has 0 aliphatic rings. The minimum atomic E-state index is -0.180. The second kappa shape index (κ2) is 14.3. The zero-order chi connectivity index (χ0) is 21.4. The number of hydrogen-bond acceptors (Lipinski definition) is 3. The van der Waals surface area contributed by atoms with E-state index in [1.54, 1.807) is 36.4 Å². The van der Waals surface area contributed by atoms with Gasteiger partial charge in [0.05, 0.1) is 0 Å². The smallest absolute Gasteiger partial charge is 0.311 e. The summed E-state index contributed by atoms with van der Waals surface area (Å²) in [7, 11) is 0. The first-order chi connectivity index (χ1) is 14.7. The van der Waals surface area contributed by atoms with Crippen LogP contribution in [-0.4, -0.2) is 11.8 Å². The second-order valence-corrected chi connectivity index (χ2v) is 7.69. The van der Waals surface area contributed by atoms with Crippen molar-refractivity contribution in [3.05, 3.63) is 71.8 Å². The number of esters is 1. The predicted molar refractivity (Wildman–Crippen MR) is 124 cm³/mol. The Labute approximate surface area is 181 Å². The summed E-state index contributed by atoms with van der Waals surface area (Å²) < 4.78 is 5.41. The molecule has 0 saturated heterocycles. The number of hydrogen-bond donors (Lipinski definition) is 0. The van der Waals surface area contributed by atoms with Gasteiger partial charge in [-0.05, 0) is 30.2 Å². The zero-order valence-corrected chi connectivity index (χ0v) is 18.1. The SMILES string of the molecule is CCCCCCCCCCCC(=O)Oc1ccc(C=CC(=O)c2ccccc2)cc1. The number of ketones is 1. The first kappa shape index (κ1) is 23.6. The van der Waals surface area contributed by atoms with Gasteiger partial charge in [-0.1, -0.05) is 107 Å². The molecule has 30 heavy (non-hydrogen) atoms. The Morgan fingerprint density at radius 3 is 2.00 bits per heavy atom. The highest BCUT2D eigenvalue weighted by Crippen LogP contribution is 2.16. The lowest BCUT2D eigenvalue weighted by Crippen LogP contribution is -2.07. The van der Waals surface area contributed by atoms with E-state index < -0.39 is 0 Å². The molecule has 0 unspecified atom stereocenters. The molecule has 0 N–H and O–H groups in total. The van der Waals surface area contributed by atoms with Gasteiger partial charge >= 0.3 is 5.97 Å². The quantitative estimate of drug-likeness (QED) is 0.108. The van der Waals surface area contributed by atoms with Crippen molar-refractivity contribution in [1.82, 2.24) is 0 Å². The molecular weight excluding hydrogens is 372 g/mol. The van der Waals surface area contributed by atoms with E-state index in [1.807, 2.05) is 30.3 Å². The van der Waals surface area contributed by atoms with E-state index in [4.69, 9.17) is 4.74 Å². The van der Waals surface area contributed by atoms with Crippen molar-refractivity contribution < 1.29 is 14.3 Å². The summed E-state index contributed by atoms with van der Waals surface area (Å²) in [5, 5.41) is 0. The van der Waals surface area contributed by atoms with Crippen LogP contribution in [0, 0.1) is 0 Å². The van der Waals surface area contributed by atoms with Gasteiger partial charge in [-0.3, -0.25) is 9.59 Å². The van der Waals surface area contributed by atoms with E-state index in [1.165, 1.54) is 44.9 Å². The predicted octanol–water partition coefficient (Wildman–Crippen LogP) is 7.41. The molecule has 0 saturated carbocycles. The lowest BCUT2D eigenvalue weighted by Gasteiger charge is -2.05. The summed E-state index contributed by atoms with van der Waals surface area (Å²) >= 11 is 0. The first-order valence-electron chi connectivity index (χ1n) is 11.3. The van der Waals surface area contributed by atoms with Crippen molar-refractivity contribution in [3.8, 4) is 5.75 Å². The molecular formula is C27H34O3. The van der Waals surface area contributed by atoms with Gasteiger partial charge in [-0.2, -0.15) is 0 Å². The van der Waals surface area contributed by atoms with Crippen molar-refractivity contribution in [1.29, 1.82) is 0 Å². The van der Waals surface area contributed by atoms with E-state index >= 15 is 0 Å². The van der Waals surface area contributed by atoms with Crippen molar-refractivity contribution in [2.24, 2.45) is 0 Å². The van der Waals surface area contributed by atoms with Crippen LogP contribution in [0.1, 0.15) is 87.1 Å². The van der Waals surface area contributed by atoms with Crippen LogP contribution in [0.4, 0.5) is 0 Å². The first-order valence-corrected chi connectivity index (χ1v) is 11.3. The summed E-state index contributed by atoms with van der Waals surface area (Å²) in [5.41, 5.74) is 1.55. The van der Waals surface area contributed by atoms with Gasteiger partial charge in [0.2, 0.25) is 0 Å². The number of ether oxygens (including phenoxy) is 1. The van der Waals surface area contributed by atoms with Crippen molar-refractivity contribution >= 4 is 17.8 Å². The number of rotatable bonds is 14. The Hall–Kier alpha value is -2.68. The molecule has 0 radical (unpaired) electrons. The number of carbonyl (C=O) groups excluding carboxylic acids is 2. The van der Waals surface area contributed by atoms with Gasteiger partial charge in [0, 0.05) is 12.0 Å². The lowest BCUT2D eigenvalue weighted by atomic mass is 10.1. The number of benzene rings is 2. The minimum absolute atomic E-state index is 0.0351. The Morgan fingerprint density at radius 2 is 1.37 bits per heavy atom. The van der Waals surface area contributed by atoms with Gasteiger partial charge < -0.3 is 4.74 Å². The molecule has 0 aromatic heterocycles. The monoisotopic (exact) mass is 406 g/mol. The number of carbonyl (C=O) groups is 2. The van der Waals surface area contributed by atoms with Crippen LogP contribution in [0.5, 0.6) is 5.75 Å². The maximum Gasteiger partial charge on any atom is 0.311 e. The Balaban J connectivity index is 1.63. The molecule has 0 heterocycles. The third kappa shape index (κ3) is 9.69. The average molecular weight is 407 g/mol. The normalized spacial score (nSPS) is 11.0. The molecule has 3 nitrogen and oxygen atoms in total. The molecule has 2 aromatic carbocycles. The second-order valence-electron chi connectivity index (χ2n) is 7.69. The van der Waals surface area contributed by atoms with Crippen LogP contribution in [0.2, 0.25) is 0 Å². The van der Waals surface area contributed by atoms with Gasteiger partial charge in [0.25, 0.3) is 0 Å². The van der Waals surface area contributed by atoms with E-state index in [0.29, 0.717) is 17.7 Å². The summed E-state index contributed by atoms with van der Waals surface area (Å²) in [4.78, 5) is 24.1. The molecule has 2 rings (SSSR count). The topological polar surface area (TPSA) is 43.4 Å². The Kier molecular flexibility index (Phi) is 11.3. The number of allylic oxidation sites excluding steroid dienone is 1. The van der Waals surface area contributed by atoms with Gasteiger partial charge in [-0.15, -0.1) is 0 Å². The van der Waals surface area contributed by atoms with Crippen LogP contribution < -0.4 is 4.74 Å². The molecule has 0 bridgehead atoms. The van der Waals surface area contributed by atoms with Crippen LogP contribution in [0.25, 0.3) is 6.08 Å². The van der Waals surface area contributed by atoms with Gasteiger partial charge in [0.1, 0.15) is 5.75 Å². The fraction of sp³-hybridized carbons (Fsp3) is 0.407. The molecule has 0 spiro atoms. The molecule has 2 aromatic rings. The number of unbranched alkanes of at least 4 members (excludes halogenated alkanes) is 8. The van der Waals surface area contributed by atoms with Crippen LogP contribution in [-0.2, 0) is 4.79 Å². The zero-order valence-electron chi connectivity index (χ0n) is 18.1. The average Bonchev–Trinajstić information content (AvgIpc) is 2.78. The van der Waals surface area contributed by atoms with Gasteiger partial charge in [-0.25, -0.2) is 0 Å². The van der Waals surface area contributed by atoms with Crippen LogP contribution in [0.15, 0.2) is 60.7 Å². The fourth-order valence-corrected chi connectivity index (χ4v) is 3.28. The molecule has 3 heteroatoms. The highest BCUT2D eigenvalue weighted by Gasteiger charge is 2.05.